The van der Waals surface area contributed by atoms with E-state index in [9.17, 15) is 0 Å². The van der Waals surface area contributed by atoms with Crippen LogP contribution < -0.4 is 0 Å². The molecule has 0 atom stereocenters. The molecule has 0 N–H and O–H groups in total. The van der Waals surface area contributed by atoms with Gasteiger partial charge in [-0.1, -0.05) is 51.1 Å². The summed E-state index contributed by atoms with van der Waals surface area (Å²) in [4.78, 5) is 13.8. The van der Waals surface area contributed by atoms with Gasteiger partial charge in [0, 0.05) is 11.0 Å². The molecule has 0 aliphatic carbocycles. The van der Waals surface area contributed by atoms with Crippen LogP contribution in [0.15, 0.2) is 30.3 Å². The summed E-state index contributed by atoms with van der Waals surface area (Å²) in [6.45, 7) is 10.3. The molecule has 106 valence electrons. The molecule has 0 radical (unpaired) electrons. The molecule has 0 unspecified atom stereocenters. The summed E-state index contributed by atoms with van der Waals surface area (Å²) in [6.07, 6.45) is 0. The zero-order chi connectivity index (χ0) is 15.0. The second-order valence-electron chi connectivity index (χ2n) is 6.48. The van der Waals surface area contributed by atoms with Gasteiger partial charge < -0.3 is 0 Å². The fourth-order valence-electron chi connectivity index (χ4n) is 1.70. The molecule has 4 heteroatoms. The molecule has 0 spiro atoms. The van der Waals surface area contributed by atoms with Gasteiger partial charge in [-0.05, 0) is 13.8 Å². The second kappa shape index (κ2) is 5.17. The van der Waals surface area contributed by atoms with Gasteiger partial charge in [0.25, 0.3) is 0 Å². The molecule has 0 aliphatic rings. The highest BCUT2D eigenvalue weighted by molar-refractivity contribution is 7.81. The van der Waals surface area contributed by atoms with Crippen LogP contribution in [0, 0.1) is 0 Å². The predicted octanol–water partition coefficient (Wildman–Crippen LogP) is 4.00. The van der Waals surface area contributed by atoms with Crippen LogP contribution in [0.4, 0.5) is 0 Å². The van der Waals surface area contributed by atoms with Crippen LogP contribution in [0.3, 0.4) is 0 Å². The molecule has 2 rings (SSSR count). The third kappa shape index (κ3) is 3.37. The van der Waals surface area contributed by atoms with E-state index >= 15 is 0 Å². The summed E-state index contributed by atoms with van der Waals surface area (Å²) in [6, 6.07) is 9.98. The molecule has 0 saturated carbocycles. The van der Waals surface area contributed by atoms with Crippen molar-refractivity contribution in [2.45, 2.75) is 44.8 Å². The molecule has 0 amide bonds. The number of aromatic nitrogens is 3. The number of nitrogens with zero attached hydrogens (tertiary/aromatic N) is 3. The SMILES string of the molecule is CC(C)(C)c1nc(-c2ccccc2)nc(C(C)(C)S)n1. The Labute approximate surface area is 126 Å². The monoisotopic (exact) mass is 287 g/mol. The highest BCUT2D eigenvalue weighted by Crippen LogP contribution is 2.28. The van der Waals surface area contributed by atoms with Crippen molar-refractivity contribution >= 4 is 12.6 Å². The Morgan fingerprint density at radius 1 is 0.800 bits per heavy atom. The Morgan fingerprint density at radius 2 is 1.35 bits per heavy atom. The summed E-state index contributed by atoms with van der Waals surface area (Å²) in [5, 5.41) is 0. The van der Waals surface area contributed by atoms with Crippen molar-refractivity contribution in [3.05, 3.63) is 42.0 Å². The lowest BCUT2D eigenvalue weighted by atomic mass is 9.95. The maximum absolute atomic E-state index is 4.63. The first-order chi connectivity index (χ1) is 9.18. The van der Waals surface area contributed by atoms with Crippen molar-refractivity contribution in [1.82, 2.24) is 15.0 Å². The van der Waals surface area contributed by atoms with E-state index < -0.39 is 4.75 Å². The molecular formula is C16H21N3S. The van der Waals surface area contributed by atoms with Crippen molar-refractivity contribution in [2.75, 3.05) is 0 Å². The van der Waals surface area contributed by atoms with Gasteiger partial charge in [0.05, 0.1) is 4.75 Å². The van der Waals surface area contributed by atoms with Crippen molar-refractivity contribution < 1.29 is 0 Å². The Bertz CT molecular complexity index is 563. The minimum atomic E-state index is -0.396. The van der Waals surface area contributed by atoms with E-state index in [0.29, 0.717) is 11.6 Å². The maximum Gasteiger partial charge on any atom is 0.163 e. The van der Waals surface area contributed by atoms with E-state index in [1.165, 1.54) is 0 Å². The smallest absolute Gasteiger partial charge is 0.163 e. The van der Waals surface area contributed by atoms with Gasteiger partial charge in [-0.2, -0.15) is 12.6 Å². The number of rotatable bonds is 2. The lowest BCUT2D eigenvalue weighted by Gasteiger charge is -2.22. The third-order valence-electron chi connectivity index (χ3n) is 2.89. The van der Waals surface area contributed by atoms with E-state index in [1.807, 2.05) is 44.2 Å². The largest absolute Gasteiger partial charge is 0.216 e. The normalized spacial score (nSPS) is 12.5. The zero-order valence-corrected chi connectivity index (χ0v) is 13.6. The van der Waals surface area contributed by atoms with E-state index in [4.69, 9.17) is 0 Å². The average Bonchev–Trinajstić information content (AvgIpc) is 2.37. The number of hydrogen-bond acceptors (Lipinski definition) is 4. The van der Waals surface area contributed by atoms with E-state index in [-0.39, 0.29) is 5.41 Å². The number of benzene rings is 1. The summed E-state index contributed by atoms with van der Waals surface area (Å²) >= 11 is 4.59. The van der Waals surface area contributed by atoms with Gasteiger partial charge in [-0.3, -0.25) is 0 Å². The van der Waals surface area contributed by atoms with Crippen molar-refractivity contribution in [3.63, 3.8) is 0 Å². The second-order valence-corrected chi connectivity index (χ2v) is 7.60. The lowest BCUT2D eigenvalue weighted by molar-refractivity contribution is 0.529. The standard InChI is InChI=1S/C16H21N3S/c1-15(2,3)13-17-12(11-9-7-6-8-10-11)18-14(19-13)16(4,5)20/h6-10,20H,1-5H3. The molecule has 0 bridgehead atoms. The molecule has 2 aromatic rings. The fourth-order valence-corrected chi connectivity index (χ4v) is 1.80. The molecule has 1 heterocycles. The van der Waals surface area contributed by atoms with Gasteiger partial charge in [-0.15, -0.1) is 0 Å². The van der Waals surface area contributed by atoms with Gasteiger partial charge in [0.15, 0.2) is 5.82 Å². The topological polar surface area (TPSA) is 38.7 Å². The molecule has 0 fully saturated rings. The van der Waals surface area contributed by atoms with Crippen molar-refractivity contribution in [1.29, 1.82) is 0 Å². The Hall–Kier alpha value is -1.42. The first kappa shape index (κ1) is 15.0. The highest BCUT2D eigenvalue weighted by atomic mass is 32.1. The molecule has 0 aliphatic heterocycles. The zero-order valence-electron chi connectivity index (χ0n) is 12.7. The average molecular weight is 287 g/mol. The van der Waals surface area contributed by atoms with Crippen LogP contribution >= 0.6 is 12.6 Å². The van der Waals surface area contributed by atoms with Crippen molar-refractivity contribution in [2.24, 2.45) is 0 Å². The van der Waals surface area contributed by atoms with Crippen LogP contribution in [0.5, 0.6) is 0 Å². The minimum Gasteiger partial charge on any atom is -0.216 e. The van der Waals surface area contributed by atoms with Crippen LogP contribution in [-0.2, 0) is 10.2 Å². The van der Waals surface area contributed by atoms with Gasteiger partial charge >= 0.3 is 0 Å². The molecule has 3 nitrogen and oxygen atoms in total. The molecule has 20 heavy (non-hydrogen) atoms. The Balaban J connectivity index is 2.64. The van der Waals surface area contributed by atoms with E-state index in [1.54, 1.807) is 0 Å². The van der Waals surface area contributed by atoms with Crippen LogP contribution in [0.25, 0.3) is 11.4 Å². The Kier molecular flexibility index (Phi) is 3.87. The summed E-state index contributed by atoms with van der Waals surface area (Å²) < 4.78 is -0.396. The number of hydrogen-bond donors (Lipinski definition) is 1. The minimum absolute atomic E-state index is 0.125. The first-order valence-electron chi connectivity index (χ1n) is 6.73. The predicted molar refractivity (Wildman–Crippen MR) is 86.0 cm³/mol. The van der Waals surface area contributed by atoms with Crippen molar-refractivity contribution in [3.8, 4) is 11.4 Å². The van der Waals surface area contributed by atoms with Crippen LogP contribution in [0.2, 0.25) is 0 Å². The summed E-state index contributed by atoms with van der Waals surface area (Å²) in [5.74, 6) is 2.21. The molecule has 1 aromatic carbocycles. The van der Waals surface area contributed by atoms with Crippen LogP contribution in [0.1, 0.15) is 46.3 Å². The molecular weight excluding hydrogens is 266 g/mol. The number of thiol groups is 1. The molecule has 0 saturated heterocycles. The van der Waals surface area contributed by atoms with E-state index in [2.05, 4.69) is 48.4 Å². The fraction of sp³-hybridized carbons (Fsp3) is 0.438. The van der Waals surface area contributed by atoms with Gasteiger partial charge in [0.1, 0.15) is 11.6 Å². The third-order valence-corrected chi connectivity index (χ3v) is 3.09. The quantitative estimate of drug-likeness (QED) is 0.848. The molecule has 1 aromatic heterocycles. The van der Waals surface area contributed by atoms with Gasteiger partial charge in [-0.25, -0.2) is 15.0 Å². The first-order valence-corrected chi connectivity index (χ1v) is 7.17. The lowest BCUT2D eigenvalue weighted by Crippen LogP contribution is -2.22. The van der Waals surface area contributed by atoms with Gasteiger partial charge in [0.2, 0.25) is 0 Å². The highest BCUT2D eigenvalue weighted by Gasteiger charge is 2.25. The summed E-state index contributed by atoms with van der Waals surface area (Å²) in [7, 11) is 0. The van der Waals surface area contributed by atoms with E-state index in [0.717, 1.165) is 11.4 Å². The maximum atomic E-state index is 4.63. The van der Waals surface area contributed by atoms with Crippen LogP contribution in [-0.4, -0.2) is 15.0 Å². The Morgan fingerprint density at radius 3 is 1.85 bits per heavy atom. The summed E-state index contributed by atoms with van der Waals surface area (Å²) in [5.41, 5.74) is 0.875.